The number of nitrogens with zero attached hydrogens (tertiary/aromatic N) is 2. The number of halogens is 2. The van der Waals surface area contributed by atoms with Crippen LogP contribution in [-0.4, -0.2) is 10.1 Å². The summed E-state index contributed by atoms with van der Waals surface area (Å²) in [5, 5.41) is 22.3. The van der Waals surface area contributed by atoms with Crippen molar-refractivity contribution in [2.75, 3.05) is 0 Å². The SMILES string of the molecule is C[C@@H](c1nc(-c2ccc(C#N)cc2)cs1)[C@@](C)(O)c1ccc(F)cc1F. The van der Waals surface area contributed by atoms with E-state index in [0.29, 0.717) is 10.6 Å². The molecule has 0 saturated carbocycles. The maximum Gasteiger partial charge on any atom is 0.132 e. The highest BCUT2D eigenvalue weighted by atomic mass is 32.1. The van der Waals surface area contributed by atoms with Crippen LogP contribution in [-0.2, 0) is 5.60 Å². The highest BCUT2D eigenvalue weighted by molar-refractivity contribution is 7.10. The Morgan fingerprint density at radius 1 is 1.19 bits per heavy atom. The number of hydrogen-bond donors (Lipinski definition) is 1. The van der Waals surface area contributed by atoms with Crippen LogP contribution in [0.2, 0.25) is 0 Å². The lowest BCUT2D eigenvalue weighted by Crippen LogP contribution is -2.29. The fraction of sp³-hybridized carbons (Fsp3) is 0.200. The van der Waals surface area contributed by atoms with E-state index in [4.69, 9.17) is 5.26 Å². The first-order chi connectivity index (χ1) is 12.3. The van der Waals surface area contributed by atoms with Gasteiger partial charge in [0.1, 0.15) is 11.6 Å². The second-order valence-electron chi connectivity index (χ2n) is 6.25. The van der Waals surface area contributed by atoms with Gasteiger partial charge in [0.25, 0.3) is 0 Å². The molecule has 26 heavy (non-hydrogen) atoms. The van der Waals surface area contributed by atoms with E-state index in [1.54, 1.807) is 31.2 Å². The van der Waals surface area contributed by atoms with E-state index in [1.165, 1.54) is 24.3 Å². The van der Waals surface area contributed by atoms with E-state index in [2.05, 4.69) is 11.1 Å². The van der Waals surface area contributed by atoms with Crippen LogP contribution in [0.3, 0.4) is 0 Å². The normalized spacial score (nSPS) is 14.5. The van der Waals surface area contributed by atoms with Crippen LogP contribution in [0.25, 0.3) is 11.3 Å². The summed E-state index contributed by atoms with van der Waals surface area (Å²) in [6.07, 6.45) is 0. The van der Waals surface area contributed by atoms with Crippen LogP contribution in [0.4, 0.5) is 8.78 Å². The van der Waals surface area contributed by atoms with E-state index in [1.807, 2.05) is 5.38 Å². The van der Waals surface area contributed by atoms with Crippen LogP contribution in [0, 0.1) is 23.0 Å². The van der Waals surface area contributed by atoms with Crippen molar-refractivity contribution in [3.05, 3.63) is 75.6 Å². The molecule has 3 aromatic rings. The molecule has 0 radical (unpaired) electrons. The summed E-state index contributed by atoms with van der Waals surface area (Å²) in [6.45, 7) is 3.25. The van der Waals surface area contributed by atoms with Gasteiger partial charge >= 0.3 is 0 Å². The van der Waals surface area contributed by atoms with Crippen molar-refractivity contribution < 1.29 is 13.9 Å². The van der Waals surface area contributed by atoms with Gasteiger partial charge in [0.15, 0.2) is 0 Å². The van der Waals surface area contributed by atoms with Gasteiger partial charge in [0.05, 0.1) is 27.9 Å². The van der Waals surface area contributed by atoms with Gasteiger partial charge in [-0.3, -0.25) is 0 Å². The Labute approximate surface area is 154 Å². The second kappa shape index (κ2) is 6.94. The average molecular weight is 370 g/mol. The van der Waals surface area contributed by atoms with Crippen LogP contribution in [0.1, 0.15) is 35.9 Å². The van der Waals surface area contributed by atoms with Gasteiger partial charge in [-0.05, 0) is 25.1 Å². The molecule has 132 valence electrons. The summed E-state index contributed by atoms with van der Waals surface area (Å²) in [5.74, 6) is -1.97. The van der Waals surface area contributed by atoms with Crippen molar-refractivity contribution in [1.29, 1.82) is 5.26 Å². The number of thiazole rings is 1. The maximum atomic E-state index is 14.1. The molecule has 1 heterocycles. The maximum absolute atomic E-state index is 14.1. The number of aliphatic hydroxyl groups is 1. The van der Waals surface area contributed by atoms with Gasteiger partial charge in [-0.25, -0.2) is 13.8 Å². The molecule has 0 bridgehead atoms. The molecule has 3 nitrogen and oxygen atoms in total. The molecular formula is C20H16F2N2OS. The summed E-state index contributed by atoms with van der Waals surface area (Å²) in [6, 6.07) is 12.2. The fourth-order valence-electron chi connectivity index (χ4n) is 2.71. The van der Waals surface area contributed by atoms with Crippen molar-refractivity contribution in [1.82, 2.24) is 4.98 Å². The minimum absolute atomic E-state index is 0.0292. The van der Waals surface area contributed by atoms with Crippen molar-refractivity contribution in [3.63, 3.8) is 0 Å². The molecule has 1 aromatic heterocycles. The first-order valence-corrected chi connectivity index (χ1v) is 8.84. The molecule has 0 saturated heterocycles. The number of hydrogen-bond acceptors (Lipinski definition) is 4. The quantitative estimate of drug-likeness (QED) is 0.705. The standard InChI is InChI=1S/C20H16F2N2OS/c1-12(20(2,25)16-8-7-15(21)9-17(16)22)19-24-18(11-26-19)14-5-3-13(10-23)4-6-14/h3-9,11-12,25H,1-2H3/t12-,20+/m0/s1. The Morgan fingerprint density at radius 2 is 1.88 bits per heavy atom. The molecule has 0 aliphatic rings. The van der Waals surface area contributed by atoms with Crippen molar-refractivity contribution >= 4 is 11.3 Å². The van der Waals surface area contributed by atoms with Crippen LogP contribution in [0.5, 0.6) is 0 Å². The summed E-state index contributed by atoms with van der Waals surface area (Å²) in [7, 11) is 0. The van der Waals surface area contributed by atoms with Gasteiger partial charge in [0, 0.05) is 28.5 Å². The molecule has 6 heteroatoms. The number of benzene rings is 2. The minimum atomic E-state index is -1.54. The monoisotopic (exact) mass is 370 g/mol. The van der Waals surface area contributed by atoms with Crippen LogP contribution >= 0.6 is 11.3 Å². The lowest BCUT2D eigenvalue weighted by atomic mass is 9.84. The van der Waals surface area contributed by atoms with E-state index in [0.717, 1.165) is 23.4 Å². The molecule has 0 fully saturated rings. The first kappa shape index (κ1) is 18.2. The molecule has 2 aromatic carbocycles. The predicted octanol–water partition coefficient (Wildman–Crippen LogP) is 4.97. The highest BCUT2D eigenvalue weighted by Crippen LogP contribution is 2.39. The molecule has 0 amide bonds. The van der Waals surface area contributed by atoms with Crippen molar-refractivity contribution in [2.24, 2.45) is 0 Å². The van der Waals surface area contributed by atoms with E-state index < -0.39 is 23.2 Å². The van der Waals surface area contributed by atoms with E-state index in [-0.39, 0.29) is 5.56 Å². The number of aromatic nitrogens is 1. The average Bonchev–Trinajstić information content (AvgIpc) is 3.10. The fourth-order valence-corrected chi connectivity index (χ4v) is 3.71. The largest absolute Gasteiger partial charge is 0.385 e. The van der Waals surface area contributed by atoms with Gasteiger partial charge in [0.2, 0.25) is 0 Å². The Kier molecular flexibility index (Phi) is 4.86. The highest BCUT2D eigenvalue weighted by Gasteiger charge is 2.36. The van der Waals surface area contributed by atoms with Crippen molar-refractivity contribution in [2.45, 2.75) is 25.4 Å². The molecule has 3 rings (SSSR count). The minimum Gasteiger partial charge on any atom is -0.385 e. The molecular weight excluding hydrogens is 354 g/mol. The van der Waals surface area contributed by atoms with Crippen molar-refractivity contribution in [3.8, 4) is 17.3 Å². The Balaban J connectivity index is 1.91. The summed E-state index contributed by atoms with van der Waals surface area (Å²) in [5.41, 5.74) is 0.620. The zero-order chi connectivity index (χ0) is 18.9. The lowest BCUT2D eigenvalue weighted by molar-refractivity contribution is 0.0287. The van der Waals surface area contributed by atoms with Gasteiger partial charge in [-0.2, -0.15) is 5.26 Å². The molecule has 0 aliphatic heterocycles. The Bertz CT molecular complexity index is 974. The molecule has 2 atom stereocenters. The Hall–Kier alpha value is -2.62. The first-order valence-electron chi connectivity index (χ1n) is 7.96. The summed E-state index contributed by atoms with van der Waals surface area (Å²) < 4.78 is 27.3. The predicted molar refractivity (Wildman–Crippen MR) is 96.6 cm³/mol. The third-order valence-electron chi connectivity index (χ3n) is 4.52. The van der Waals surface area contributed by atoms with Crippen LogP contribution < -0.4 is 0 Å². The number of rotatable bonds is 4. The lowest BCUT2D eigenvalue weighted by Gasteiger charge is -2.29. The molecule has 0 unspecified atom stereocenters. The van der Waals surface area contributed by atoms with E-state index in [9.17, 15) is 13.9 Å². The van der Waals surface area contributed by atoms with Gasteiger partial charge in [-0.15, -0.1) is 11.3 Å². The van der Waals surface area contributed by atoms with Gasteiger partial charge in [-0.1, -0.05) is 25.1 Å². The second-order valence-corrected chi connectivity index (χ2v) is 7.14. The summed E-state index contributed by atoms with van der Waals surface area (Å²) >= 11 is 1.36. The topological polar surface area (TPSA) is 56.9 Å². The third-order valence-corrected chi connectivity index (χ3v) is 5.55. The zero-order valence-electron chi connectivity index (χ0n) is 14.2. The number of nitriles is 1. The molecule has 0 spiro atoms. The third kappa shape index (κ3) is 3.36. The molecule has 1 N–H and O–H groups in total. The van der Waals surface area contributed by atoms with Crippen LogP contribution in [0.15, 0.2) is 47.8 Å². The zero-order valence-corrected chi connectivity index (χ0v) is 15.0. The smallest absolute Gasteiger partial charge is 0.132 e. The summed E-state index contributed by atoms with van der Waals surface area (Å²) in [4.78, 5) is 4.55. The Morgan fingerprint density at radius 3 is 2.50 bits per heavy atom. The molecule has 0 aliphatic carbocycles. The van der Waals surface area contributed by atoms with E-state index >= 15 is 0 Å². The van der Waals surface area contributed by atoms with Gasteiger partial charge < -0.3 is 5.11 Å².